The van der Waals surface area contributed by atoms with Gasteiger partial charge in [0.2, 0.25) is 0 Å². The van der Waals surface area contributed by atoms with E-state index in [0.717, 1.165) is 82.6 Å². The van der Waals surface area contributed by atoms with Crippen LogP contribution in [0.4, 0.5) is 18.9 Å². The first-order chi connectivity index (χ1) is 15.5. The van der Waals surface area contributed by atoms with Gasteiger partial charge in [0.1, 0.15) is 0 Å². The molecule has 3 nitrogen and oxygen atoms in total. The molecule has 1 aromatic rings. The molecular formula is C26H38F3N3S. The van der Waals surface area contributed by atoms with Gasteiger partial charge in [0.25, 0.3) is 0 Å². The summed E-state index contributed by atoms with van der Waals surface area (Å²) in [4.78, 5) is 6.97. The molecule has 3 aliphatic rings. The van der Waals surface area contributed by atoms with Gasteiger partial charge in [0.05, 0.1) is 10.4 Å². The number of hydrogen-bond donors (Lipinski definition) is 1. The Labute approximate surface area is 202 Å². The van der Waals surface area contributed by atoms with Gasteiger partial charge in [-0.1, -0.05) is 25.8 Å². The molecule has 2 saturated heterocycles. The van der Waals surface area contributed by atoms with Crippen molar-refractivity contribution in [2.24, 2.45) is 5.92 Å². The van der Waals surface area contributed by atoms with E-state index in [1.807, 2.05) is 0 Å². The SMILES string of the molecule is C=C(C1CCN(C(C)(C)S)C1)N1CCN(c2ccc(C(F)(F)F)cc2C2CCCCC2)CC1. The molecule has 1 saturated carbocycles. The molecule has 0 spiro atoms. The van der Waals surface area contributed by atoms with E-state index in [-0.39, 0.29) is 10.8 Å². The fourth-order valence-corrected chi connectivity index (χ4v) is 5.96. The minimum Gasteiger partial charge on any atom is -0.371 e. The Morgan fingerprint density at radius 3 is 2.21 bits per heavy atom. The number of halogens is 3. The van der Waals surface area contributed by atoms with E-state index >= 15 is 0 Å². The molecule has 0 amide bonds. The molecule has 4 rings (SSSR count). The van der Waals surface area contributed by atoms with Crippen molar-refractivity contribution in [3.8, 4) is 0 Å². The summed E-state index contributed by atoms with van der Waals surface area (Å²) in [6.45, 7) is 14.1. The summed E-state index contributed by atoms with van der Waals surface area (Å²) in [5.41, 5.74) is 2.59. The second-order valence-electron chi connectivity index (χ2n) is 10.5. The van der Waals surface area contributed by atoms with Gasteiger partial charge >= 0.3 is 6.18 Å². The Morgan fingerprint density at radius 1 is 0.970 bits per heavy atom. The molecule has 1 aliphatic carbocycles. The summed E-state index contributed by atoms with van der Waals surface area (Å²) >= 11 is 4.72. The molecule has 2 aliphatic heterocycles. The topological polar surface area (TPSA) is 9.72 Å². The number of likely N-dealkylation sites (tertiary alicyclic amines) is 1. The first-order valence-corrected chi connectivity index (χ1v) is 12.9. The average Bonchev–Trinajstić information content (AvgIpc) is 3.29. The zero-order valence-electron chi connectivity index (χ0n) is 20.0. The van der Waals surface area contributed by atoms with Crippen molar-refractivity contribution in [3.63, 3.8) is 0 Å². The maximum atomic E-state index is 13.5. The summed E-state index contributed by atoms with van der Waals surface area (Å²) < 4.78 is 40.4. The van der Waals surface area contributed by atoms with E-state index in [0.29, 0.717) is 5.92 Å². The van der Waals surface area contributed by atoms with Crippen molar-refractivity contribution in [1.29, 1.82) is 0 Å². The van der Waals surface area contributed by atoms with Crippen molar-refractivity contribution in [1.82, 2.24) is 9.80 Å². The molecular weight excluding hydrogens is 443 g/mol. The number of nitrogens with zero attached hydrogens (tertiary/aromatic N) is 3. The summed E-state index contributed by atoms with van der Waals surface area (Å²) in [6.07, 6.45) is 2.19. The van der Waals surface area contributed by atoms with Crippen LogP contribution in [0.25, 0.3) is 0 Å². The van der Waals surface area contributed by atoms with Crippen LogP contribution in [0.2, 0.25) is 0 Å². The van der Waals surface area contributed by atoms with Gasteiger partial charge in [-0.25, -0.2) is 0 Å². The molecule has 0 N–H and O–H groups in total. The van der Waals surface area contributed by atoms with Crippen molar-refractivity contribution < 1.29 is 13.2 Å². The Morgan fingerprint density at radius 2 is 1.64 bits per heavy atom. The van der Waals surface area contributed by atoms with E-state index < -0.39 is 11.7 Å². The Bertz CT molecular complexity index is 834. The van der Waals surface area contributed by atoms with Crippen molar-refractivity contribution in [2.45, 2.75) is 69.3 Å². The zero-order chi connectivity index (χ0) is 23.8. The van der Waals surface area contributed by atoms with Crippen LogP contribution in [0.3, 0.4) is 0 Å². The smallest absolute Gasteiger partial charge is 0.371 e. The summed E-state index contributed by atoms with van der Waals surface area (Å²) in [5.74, 6) is 0.685. The Kier molecular flexibility index (Phi) is 7.30. The zero-order valence-corrected chi connectivity index (χ0v) is 20.9. The highest BCUT2D eigenvalue weighted by Gasteiger charge is 2.35. The van der Waals surface area contributed by atoms with Gasteiger partial charge in [-0.15, -0.1) is 0 Å². The summed E-state index contributed by atoms with van der Waals surface area (Å²) in [6, 6.07) is 4.42. The first kappa shape index (κ1) is 24.8. The fourth-order valence-electron chi connectivity index (χ4n) is 5.78. The van der Waals surface area contributed by atoms with Crippen molar-refractivity contribution >= 4 is 18.3 Å². The van der Waals surface area contributed by atoms with Crippen molar-refractivity contribution in [2.75, 3.05) is 44.2 Å². The van der Waals surface area contributed by atoms with Gasteiger partial charge in [-0.3, -0.25) is 4.90 Å². The van der Waals surface area contributed by atoms with Crippen LogP contribution in [0, 0.1) is 5.92 Å². The lowest BCUT2D eigenvalue weighted by molar-refractivity contribution is -0.137. The molecule has 1 unspecified atom stereocenters. The van der Waals surface area contributed by atoms with Gasteiger partial charge in [0.15, 0.2) is 0 Å². The number of piperazine rings is 1. The van der Waals surface area contributed by atoms with E-state index in [2.05, 4.69) is 35.1 Å². The average molecular weight is 482 g/mol. The number of anilines is 1. The minimum absolute atomic E-state index is 0.119. The molecule has 1 aromatic carbocycles. The van der Waals surface area contributed by atoms with Crippen LogP contribution in [-0.4, -0.2) is 53.9 Å². The van der Waals surface area contributed by atoms with E-state index in [9.17, 15) is 13.2 Å². The second-order valence-corrected chi connectivity index (χ2v) is 11.6. The maximum Gasteiger partial charge on any atom is 0.416 e. The molecule has 0 aromatic heterocycles. The van der Waals surface area contributed by atoms with Crippen molar-refractivity contribution in [3.05, 3.63) is 41.6 Å². The standard InChI is InChI=1S/C26H38F3N3S/c1-19(21-11-12-32(18-21)25(2,3)33)30-13-15-31(16-14-30)24-10-9-22(26(27,28)29)17-23(24)20-7-5-4-6-8-20/h9-10,17,20-21,33H,1,4-8,11-16,18H2,2-3H3. The summed E-state index contributed by atoms with van der Waals surface area (Å²) in [5, 5.41) is 0. The van der Waals surface area contributed by atoms with Crippen LogP contribution >= 0.6 is 12.6 Å². The Hall–Kier alpha value is -1.34. The van der Waals surface area contributed by atoms with Crippen LogP contribution in [0.15, 0.2) is 30.5 Å². The molecule has 2 heterocycles. The van der Waals surface area contributed by atoms with Crippen LogP contribution in [0.1, 0.15) is 69.4 Å². The van der Waals surface area contributed by atoms with Gasteiger partial charge in [-0.05, 0) is 62.8 Å². The highest BCUT2D eigenvalue weighted by Crippen LogP contribution is 2.41. The molecule has 7 heteroatoms. The predicted octanol–water partition coefficient (Wildman–Crippen LogP) is 6.38. The minimum atomic E-state index is -4.30. The molecule has 0 bridgehead atoms. The maximum absolute atomic E-state index is 13.5. The largest absolute Gasteiger partial charge is 0.416 e. The summed E-state index contributed by atoms with van der Waals surface area (Å²) in [7, 11) is 0. The van der Waals surface area contributed by atoms with E-state index in [1.165, 1.54) is 24.3 Å². The highest BCUT2D eigenvalue weighted by atomic mass is 32.1. The molecule has 3 fully saturated rings. The van der Waals surface area contributed by atoms with Gasteiger partial charge < -0.3 is 9.80 Å². The third kappa shape index (κ3) is 5.67. The quantitative estimate of drug-likeness (QED) is 0.490. The normalized spacial score (nSPS) is 23.9. The lowest BCUT2D eigenvalue weighted by Gasteiger charge is -2.41. The number of hydrogen-bond acceptors (Lipinski definition) is 4. The number of benzene rings is 1. The molecule has 33 heavy (non-hydrogen) atoms. The van der Waals surface area contributed by atoms with E-state index in [1.54, 1.807) is 6.07 Å². The lowest BCUT2D eigenvalue weighted by atomic mass is 9.82. The van der Waals surface area contributed by atoms with Crippen LogP contribution in [-0.2, 0) is 6.18 Å². The molecule has 0 radical (unpaired) electrons. The van der Waals surface area contributed by atoms with Gasteiger partial charge in [0, 0.05) is 56.6 Å². The highest BCUT2D eigenvalue weighted by molar-refractivity contribution is 7.81. The second kappa shape index (κ2) is 9.73. The number of thiol groups is 1. The first-order valence-electron chi connectivity index (χ1n) is 12.4. The van der Waals surface area contributed by atoms with E-state index in [4.69, 9.17) is 12.6 Å². The third-order valence-electron chi connectivity index (χ3n) is 7.86. The predicted molar refractivity (Wildman–Crippen MR) is 133 cm³/mol. The Balaban J connectivity index is 1.44. The van der Waals surface area contributed by atoms with Crippen LogP contribution < -0.4 is 4.90 Å². The monoisotopic (exact) mass is 481 g/mol. The van der Waals surface area contributed by atoms with Gasteiger partial charge in [-0.2, -0.15) is 25.8 Å². The number of rotatable bonds is 5. The fraction of sp³-hybridized carbons (Fsp3) is 0.692. The molecule has 184 valence electrons. The number of alkyl halides is 3. The lowest BCUT2D eigenvalue weighted by Crippen LogP contribution is -2.47. The molecule has 1 atom stereocenters. The third-order valence-corrected chi connectivity index (χ3v) is 8.14. The van der Waals surface area contributed by atoms with Crippen LogP contribution in [0.5, 0.6) is 0 Å².